The van der Waals surface area contributed by atoms with Crippen LogP contribution in [-0.4, -0.2) is 34.1 Å². The van der Waals surface area contributed by atoms with Crippen LogP contribution in [0.15, 0.2) is 72.8 Å². The number of ether oxygens (including phenoxy) is 1. The van der Waals surface area contributed by atoms with Crippen LogP contribution in [0.1, 0.15) is 52.6 Å². The summed E-state index contributed by atoms with van der Waals surface area (Å²) < 4.78 is 4.95. The second-order valence-electron chi connectivity index (χ2n) is 6.33. The molecule has 0 aliphatic carbocycles. The summed E-state index contributed by atoms with van der Waals surface area (Å²) in [6.45, 7) is 0. The van der Waals surface area contributed by atoms with Crippen LogP contribution in [0.4, 0.5) is 0 Å². The highest BCUT2D eigenvalue weighted by atomic mass is 16.6. The molecule has 0 atom stereocenters. The van der Waals surface area contributed by atoms with Crippen LogP contribution in [0.5, 0.6) is 0 Å². The molecule has 0 heterocycles. The molecule has 2 N–H and O–H groups in total. The van der Waals surface area contributed by atoms with Crippen molar-refractivity contribution in [3.05, 3.63) is 106 Å². The molecule has 0 bridgehead atoms. The van der Waals surface area contributed by atoms with Crippen LogP contribution in [0, 0.1) is 0 Å². The van der Waals surface area contributed by atoms with E-state index in [0.717, 1.165) is 0 Å². The first-order valence-electron chi connectivity index (χ1n) is 8.86. The van der Waals surface area contributed by atoms with Crippen molar-refractivity contribution in [1.29, 1.82) is 0 Å². The van der Waals surface area contributed by atoms with Crippen molar-refractivity contribution in [2.75, 3.05) is 0 Å². The fourth-order valence-electron chi connectivity index (χ4n) is 3.03. The number of aromatic carboxylic acids is 2. The monoisotopic (exact) mass is 404 g/mol. The van der Waals surface area contributed by atoms with Crippen molar-refractivity contribution >= 4 is 23.9 Å². The quantitative estimate of drug-likeness (QED) is 0.475. The lowest BCUT2D eigenvalue weighted by Crippen LogP contribution is -2.16. The fourth-order valence-corrected chi connectivity index (χ4v) is 3.03. The molecule has 150 valence electrons. The molecule has 0 fully saturated rings. The van der Waals surface area contributed by atoms with E-state index < -0.39 is 23.9 Å². The van der Waals surface area contributed by atoms with Gasteiger partial charge in [0.05, 0.1) is 22.3 Å². The van der Waals surface area contributed by atoms with Gasteiger partial charge in [0.2, 0.25) is 0 Å². The highest BCUT2D eigenvalue weighted by molar-refractivity contribution is 6.04. The third-order valence-electron chi connectivity index (χ3n) is 4.41. The van der Waals surface area contributed by atoms with Gasteiger partial charge in [-0.05, 0) is 41.8 Å². The summed E-state index contributed by atoms with van der Waals surface area (Å²) in [5, 5.41) is 18.8. The Balaban J connectivity index is 1.92. The third-order valence-corrected chi connectivity index (χ3v) is 4.41. The zero-order chi connectivity index (χ0) is 21.7. The van der Waals surface area contributed by atoms with Crippen LogP contribution in [0.2, 0.25) is 0 Å². The third kappa shape index (κ3) is 4.41. The van der Waals surface area contributed by atoms with Gasteiger partial charge < -0.3 is 14.9 Å². The molecule has 30 heavy (non-hydrogen) atoms. The van der Waals surface area contributed by atoms with Crippen molar-refractivity contribution in [1.82, 2.24) is 0 Å². The summed E-state index contributed by atoms with van der Waals surface area (Å²) in [6, 6.07) is 18.4. The van der Waals surface area contributed by atoms with Crippen molar-refractivity contribution in [2.24, 2.45) is 0 Å². The number of esters is 2. The molecule has 0 saturated heterocycles. The van der Waals surface area contributed by atoms with E-state index >= 15 is 0 Å². The molecule has 0 aliphatic heterocycles. The zero-order valence-electron chi connectivity index (χ0n) is 15.6. The van der Waals surface area contributed by atoms with Crippen LogP contribution in [-0.2, 0) is 11.2 Å². The van der Waals surface area contributed by atoms with Crippen LogP contribution >= 0.6 is 0 Å². The van der Waals surface area contributed by atoms with Gasteiger partial charge >= 0.3 is 23.9 Å². The summed E-state index contributed by atoms with van der Waals surface area (Å²) in [5.74, 6) is -4.45. The van der Waals surface area contributed by atoms with Gasteiger partial charge in [0.25, 0.3) is 0 Å². The van der Waals surface area contributed by atoms with Gasteiger partial charge in [0.15, 0.2) is 0 Å². The number of hydrogen-bond donors (Lipinski definition) is 2. The molecule has 7 nitrogen and oxygen atoms in total. The molecule has 0 unspecified atom stereocenters. The minimum absolute atomic E-state index is 0.0342. The second kappa shape index (κ2) is 8.83. The summed E-state index contributed by atoms with van der Waals surface area (Å²) >= 11 is 0. The van der Waals surface area contributed by atoms with Gasteiger partial charge in [-0.2, -0.15) is 0 Å². The Morgan fingerprint density at radius 2 is 1.23 bits per heavy atom. The molecule has 0 spiro atoms. The molecule has 0 aliphatic rings. The van der Waals surface area contributed by atoms with Gasteiger partial charge in [-0.3, -0.25) is 0 Å². The van der Waals surface area contributed by atoms with Crippen LogP contribution in [0.3, 0.4) is 0 Å². The van der Waals surface area contributed by atoms with E-state index in [1.54, 1.807) is 36.4 Å². The average Bonchev–Trinajstić information content (AvgIpc) is 2.74. The molecule has 0 saturated carbocycles. The summed E-state index contributed by atoms with van der Waals surface area (Å²) in [7, 11) is 0. The first-order valence-corrected chi connectivity index (χ1v) is 8.86. The maximum Gasteiger partial charge on any atom is 0.346 e. The van der Waals surface area contributed by atoms with Gasteiger partial charge in [-0.1, -0.05) is 48.5 Å². The van der Waals surface area contributed by atoms with Crippen molar-refractivity contribution in [3.8, 4) is 0 Å². The van der Waals surface area contributed by atoms with E-state index in [-0.39, 0.29) is 34.2 Å². The largest absolute Gasteiger partial charge is 0.478 e. The Morgan fingerprint density at radius 1 is 0.633 bits per heavy atom. The summed E-state index contributed by atoms with van der Waals surface area (Å²) in [6.07, 6.45) is -0.0342. The molecular weight excluding hydrogens is 388 g/mol. The maximum atomic E-state index is 12.6. The normalized spacial score (nSPS) is 10.3. The summed E-state index contributed by atoms with van der Waals surface area (Å²) in [4.78, 5) is 47.8. The lowest BCUT2D eigenvalue weighted by molar-refractivity contribution is 0.0396. The standard InChI is InChI=1S/C23H16O7/c24-20(25)18-12-6-10-16(19(18)21(26)27)13-15-9-4-5-11-17(15)23(29)30-22(28)14-7-2-1-3-8-14/h1-12H,13H2,(H,24,25)(H,26,27). The van der Waals surface area contributed by atoms with E-state index in [0.29, 0.717) is 5.56 Å². The molecule has 0 radical (unpaired) electrons. The number of hydrogen-bond acceptors (Lipinski definition) is 5. The molecule has 3 aromatic carbocycles. The Kier molecular flexibility index (Phi) is 6.03. The minimum Gasteiger partial charge on any atom is -0.478 e. The maximum absolute atomic E-state index is 12.6. The fraction of sp³-hybridized carbons (Fsp3) is 0.0435. The average molecular weight is 404 g/mol. The van der Waals surface area contributed by atoms with Crippen molar-refractivity contribution in [2.45, 2.75) is 6.42 Å². The van der Waals surface area contributed by atoms with E-state index in [2.05, 4.69) is 0 Å². The van der Waals surface area contributed by atoms with Crippen molar-refractivity contribution in [3.63, 3.8) is 0 Å². The van der Waals surface area contributed by atoms with Gasteiger partial charge in [-0.15, -0.1) is 0 Å². The van der Waals surface area contributed by atoms with Gasteiger partial charge in [0, 0.05) is 0 Å². The Morgan fingerprint density at radius 3 is 1.90 bits per heavy atom. The topological polar surface area (TPSA) is 118 Å². The van der Waals surface area contributed by atoms with Gasteiger partial charge in [-0.25, -0.2) is 19.2 Å². The molecule has 7 heteroatoms. The molecule has 0 amide bonds. The molecular formula is C23H16O7. The number of carboxylic acids is 2. The van der Waals surface area contributed by atoms with E-state index in [1.807, 2.05) is 0 Å². The number of carbonyl (C=O) groups excluding carboxylic acids is 2. The van der Waals surface area contributed by atoms with Gasteiger partial charge in [0.1, 0.15) is 0 Å². The lowest BCUT2D eigenvalue weighted by Gasteiger charge is -2.12. The zero-order valence-corrected chi connectivity index (χ0v) is 15.6. The lowest BCUT2D eigenvalue weighted by atomic mass is 9.93. The smallest absolute Gasteiger partial charge is 0.346 e. The first-order chi connectivity index (χ1) is 14.4. The second-order valence-corrected chi connectivity index (χ2v) is 6.33. The molecule has 3 rings (SSSR count). The number of carbonyl (C=O) groups is 4. The van der Waals surface area contributed by atoms with Crippen LogP contribution in [0.25, 0.3) is 0 Å². The minimum atomic E-state index is -1.39. The predicted octanol–water partition coefficient (Wildman–Crippen LogP) is 3.67. The Labute approximate surface area is 171 Å². The SMILES string of the molecule is O=C(OC(=O)c1ccccc1Cc1cccc(C(=O)O)c1C(=O)O)c1ccccc1. The van der Waals surface area contributed by atoms with E-state index in [1.165, 1.54) is 36.4 Å². The number of rotatable bonds is 6. The van der Waals surface area contributed by atoms with E-state index in [4.69, 9.17) is 4.74 Å². The Bertz CT molecular complexity index is 1130. The van der Waals surface area contributed by atoms with Crippen LogP contribution < -0.4 is 0 Å². The highest BCUT2D eigenvalue weighted by Crippen LogP contribution is 2.22. The molecule has 0 aromatic heterocycles. The number of carboxylic acid groups (broad SMARTS) is 2. The highest BCUT2D eigenvalue weighted by Gasteiger charge is 2.22. The Hall–Kier alpha value is -4.26. The van der Waals surface area contributed by atoms with Crippen molar-refractivity contribution < 1.29 is 34.1 Å². The molecule has 3 aromatic rings. The number of benzene rings is 3. The van der Waals surface area contributed by atoms with E-state index in [9.17, 15) is 29.4 Å². The predicted molar refractivity (Wildman–Crippen MR) is 106 cm³/mol. The summed E-state index contributed by atoms with van der Waals surface area (Å²) in [5.41, 5.74) is 0.211. The first kappa shape index (κ1) is 20.5.